The highest BCUT2D eigenvalue weighted by Gasteiger charge is 2.24. The molecule has 0 radical (unpaired) electrons. The normalized spacial score (nSPS) is 15.4. The highest BCUT2D eigenvalue weighted by atomic mass is 16.2. The Morgan fingerprint density at radius 1 is 1.18 bits per heavy atom. The van der Waals surface area contributed by atoms with Crippen molar-refractivity contribution in [3.8, 4) is 11.3 Å². The van der Waals surface area contributed by atoms with Crippen LogP contribution in [0.2, 0.25) is 0 Å². The molecule has 4 N–H and O–H groups in total. The van der Waals surface area contributed by atoms with E-state index in [1.807, 2.05) is 63.5 Å². The van der Waals surface area contributed by atoms with E-state index in [2.05, 4.69) is 40.9 Å². The molecule has 5 aromatic rings. The number of para-hydroxylation sites is 1. The number of fused-ring (bicyclic) bond motifs is 1. The number of hydrogen-bond donors (Lipinski definition) is 4. The minimum atomic E-state index is -0.0384. The molecule has 1 aromatic carbocycles. The molecule has 204 valence electrons. The molecule has 1 fully saturated rings. The molecule has 11 nitrogen and oxygen atoms in total. The first-order valence-corrected chi connectivity index (χ1v) is 13.3. The van der Waals surface area contributed by atoms with Crippen molar-refractivity contribution in [2.24, 2.45) is 7.05 Å². The van der Waals surface area contributed by atoms with Gasteiger partial charge in [0.1, 0.15) is 0 Å². The van der Waals surface area contributed by atoms with Crippen LogP contribution in [0.15, 0.2) is 61.2 Å². The molecular formula is C29H32N10O. The number of rotatable bonds is 8. The van der Waals surface area contributed by atoms with Crippen molar-refractivity contribution in [3.63, 3.8) is 0 Å². The number of carbonyl (C=O) groups excluding carboxylic acids is 1. The Morgan fingerprint density at radius 2 is 2.02 bits per heavy atom. The van der Waals surface area contributed by atoms with Gasteiger partial charge < -0.3 is 20.9 Å². The lowest BCUT2D eigenvalue weighted by Gasteiger charge is -2.17. The number of nitrogens with zero attached hydrogens (tertiary/aromatic N) is 6. The zero-order valence-corrected chi connectivity index (χ0v) is 22.8. The second kappa shape index (κ2) is 10.8. The number of likely N-dealkylation sites (tertiary alicyclic amines) is 1. The lowest BCUT2D eigenvalue weighted by molar-refractivity contribution is -0.117. The Kier molecular flexibility index (Phi) is 6.87. The van der Waals surface area contributed by atoms with E-state index in [9.17, 15) is 4.79 Å². The Bertz CT molecular complexity index is 1640. The molecule has 0 saturated carbocycles. The number of aromatic amines is 1. The fraction of sp³-hybridized carbons (Fsp3) is 0.276. The van der Waals surface area contributed by atoms with E-state index in [-0.39, 0.29) is 5.91 Å². The van der Waals surface area contributed by atoms with Gasteiger partial charge in [-0.2, -0.15) is 5.10 Å². The quantitative estimate of drug-likeness (QED) is 0.232. The summed E-state index contributed by atoms with van der Waals surface area (Å²) < 4.78 is 1.80. The van der Waals surface area contributed by atoms with Gasteiger partial charge in [0.15, 0.2) is 5.82 Å². The first kappa shape index (κ1) is 25.5. The standard InChI is InChI=1S/C29H32N10O/c1-18-14-32-29(35-25-13-19(2)38(3)37-25)36-27(18)23-15-31-28-22(23)5-4-6-24(28)34-26(40)17-39-12-9-21(16-39)33-20-7-10-30-11-8-20/h4-8,10-11,13-15,21,31H,9,12,16-17H2,1-3H3,(H,30,33)(H,34,40)(H,32,35,36,37)/t21-/m1/s1. The van der Waals surface area contributed by atoms with E-state index in [1.165, 1.54) is 0 Å². The number of carbonyl (C=O) groups is 1. The van der Waals surface area contributed by atoms with Crippen molar-refractivity contribution < 1.29 is 4.79 Å². The summed E-state index contributed by atoms with van der Waals surface area (Å²) in [5, 5.41) is 15.2. The average molecular weight is 537 g/mol. The van der Waals surface area contributed by atoms with Gasteiger partial charge >= 0.3 is 0 Å². The number of hydrogen-bond acceptors (Lipinski definition) is 8. The van der Waals surface area contributed by atoms with Gasteiger partial charge in [0.05, 0.1) is 23.4 Å². The van der Waals surface area contributed by atoms with Crippen molar-refractivity contribution in [1.29, 1.82) is 0 Å². The van der Waals surface area contributed by atoms with Gasteiger partial charge in [0, 0.05) is 79.4 Å². The van der Waals surface area contributed by atoms with Gasteiger partial charge in [-0.15, -0.1) is 0 Å². The second-order valence-corrected chi connectivity index (χ2v) is 10.2. The maximum Gasteiger partial charge on any atom is 0.238 e. The predicted molar refractivity (Wildman–Crippen MR) is 157 cm³/mol. The van der Waals surface area contributed by atoms with E-state index in [0.29, 0.717) is 24.4 Å². The summed E-state index contributed by atoms with van der Waals surface area (Å²) in [6.07, 6.45) is 8.28. The minimum absolute atomic E-state index is 0.0384. The van der Waals surface area contributed by atoms with Crippen molar-refractivity contribution in [1.82, 2.24) is 34.6 Å². The Morgan fingerprint density at radius 3 is 2.83 bits per heavy atom. The summed E-state index contributed by atoms with van der Waals surface area (Å²) >= 11 is 0. The molecule has 4 aromatic heterocycles. The van der Waals surface area contributed by atoms with E-state index >= 15 is 0 Å². The van der Waals surface area contributed by atoms with E-state index in [4.69, 9.17) is 4.98 Å². The molecule has 1 amide bonds. The highest BCUT2D eigenvalue weighted by molar-refractivity contribution is 6.06. The van der Waals surface area contributed by atoms with Crippen molar-refractivity contribution in [2.45, 2.75) is 26.3 Å². The fourth-order valence-electron chi connectivity index (χ4n) is 5.14. The van der Waals surface area contributed by atoms with Crippen LogP contribution in [-0.4, -0.2) is 66.2 Å². The van der Waals surface area contributed by atoms with Crippen LogP contribution in [0.4, 0.5) is 23.1 Å². The Labute approximate surface area is 232 Å². The molecule has 1 saturated heterocycles. The number of pyridine rings is 1. The SMILES string of the molecule is Cc1cnc(Nc2cc(C)n(C)n2)nc1-c1c[nH]c2c(NC(=O)CN3CC[C@@H](Nc4ccncc4)C3)cccc12. The lowest BCUT2D eigenvalue weighted by atomic mass is 10.1. The fourth-order valence-corrected chi connectivity index (χ4v) is 5.14. The van der Waals surface area contributed by atoms with Crippen LogP contribution in [-0.2, 0) is 11.8 Å². The minimum Gasteiger partial charge on any atom is -0.381 e. The van der Waals surface area contributed by atoms with Gasteiger partial charge in [0.25, 0.3) is 0 Å². The molecule has 0 spiro atoms. The highest BCUT2D eigenvalue weighted by Crippen LogP contribution is 2.33. The van der Waals surface area contributed by atoms with Crippen LogP contribution in [0, 0.1) is 13.8 Å². The third-order valence-electron chi connectivity index (χ3n) is 7.26. The van der Waals surface area contributed by atoms with Gasteiger partial charge in [-0.25, -0.2) is 9.97 Å². The summed E-state index contributed by atoms with van der Waals surface area (Å²) in [5.74, 6) is 1.12. The van der Waals surface area contributed by atoms with Crippen LogP contribution >= 0.6 is 0 Å². The molecule has 40 heavy (non-hydrogen) atoms. The second-order valence-electron chi connectivity index (χ2n) is 10.2. The summed E-state index contributed by atoms with van der Waals surface area (Å²) in [6.45, 7) is 6.00. The number of aromatic nitrogens is 6. The molecule has 5 heterocycles. The predicted octanol–water partition coefficient (Wildman–Crippen LogP) is 4.24. The first-order chi connectivity index (χ1) is 19.4. The van der Waals surface area contributed by atoms with E-state index < -0.39 is 0 Å². The van der Waals surface area contributed by atoms with Crippen molar-refractivity contribution in [2.75, 3.05) is 35.6 Å². The molecule has 1 atom stereocenters. The summed E-state index contributed by atoms with van der Waals surface area (Å²) in [5.41, 5.74) is 6.38. The molecule has 1 aliphatic rings. The number of amides is 1. The molecule has 0 aliphatic carbocycles. The molecule has 0 bridgehead atoms. The van der Waals surface area contributed by atoms with Gasteiger partial charge in [-0.1, -0.05) is 12.1 Å². The first-order valence-electron chi connectivity index (χ1n) is 13.3. The number of benzene rings is 1. The van der Waals surface area contributed by atoms with Crippen LogP contribution in [0.1, 0.15) is 17.7 Å². The monoisotopic (exact) mass is 536 g/mol. The van der Waals surface area contributed by atoms with Gasteiger partial charge in [-0.3, -0.25) is 19.4 Å². The number of H-pyrrole nitrogens is 1. The molecular weight excluding hydrogens is 504 g/mol. The topological polar surface area (TPSA) is 129 Å². The molecule has 1 aliphatic heterocycles. The summed E-state index contributed by atoms with van der Waals surface area (Å²) in [4.78, 5) is 31.9. The molecule has 0 unspecified atom stereocenters. The summed E-state index contributed by atoms with van der Waals surface area (Å²) in [6, 6.07) is 12.1. The van der Waals surface area contributed by atoms with Crippen LogP contribution in [0.3, 0.4) is 0 Å². The summed E-state index contributed by atoms with van der Waals surface area (Å²) in [7, 11) is 1.90. The smallest absolute Gasteiger partial charge is 0.238 e. The third-order valence-corrected chi connectivity index (χ3v) is 7.26. The number of anilines is 4. The van der Waals surface area contributed by atoms with Crippen molar-refractivity contribution in [3.05, 3.63) is 72.4 Å². The third kappa shape index (κ3) is 5.36. The maximum absolute atomic E-state index is 13.0. The largest absolute Gasteiger partial charge is 0.381 e. The average Bonchev–Trinajstić information content (AvgIpc) is 3.65. The molecule has 6 rings (SSSR count). The lowest BCUT2D eigenvalue weighted by Crippen LogP contribution is -2.33. The maximum atomic E-state index is 13.0. The van der Waals surface area contributed by atoms with Gasteiger partial charge in [-0.05, 0) is 44.0 Å². The number of nitrogens with one attached hydrogen (secondary N) is 4. The molecule has 11 heteroatoms. The van der Waals surface area contributed by atoms with Crippen LogP contribution in [0.25, 0.3) is 22.2 Å². The Balaban J connectivity index is 1.15. The van der Waals surface area contributed by atoms with Crippen LogP contribution in [0.5, 0.6) is 0 Å². The zero-order chi connectivity index (χ0) is 27.6. The Hall–Kier alpha value is -4.77. The zero-order valence-electron chi connectivity index (χ0n) is 22.8. The van der Waals surface area contributed by atoms with Crippen molar-refractivity contribution >= 4 is 40.0 Å². The van der Waals surface area contributed by atoms with Gasteiger partial charge in [0.2, 0.25) is 11.9 Å². The van der Waals surface area contributed by atoms with E-state index in [0.717, 1.165) is 64.3 Å². The van der Waals surface area contributed by atoms with Crippen LogP contribution < -0.4 is 16.0 Å². The number of aryl methyl sites for hydroxylation is 3. The van der Waals surface area contributed by atoms with E-state index in [1.54, 1.807) is 23.3 Å².